The number of carbonyl (C=O) groups excluding carboxylic acids is 4. The summed E-state index contributed by atoms with van der Waals surface area (Å²) in [6.07, 6.45) is 6.44. The van der Waals surface area contributed by atoms with E-state index in [1.54, 1.807) is 17.4 Å². The fourth-order valence-electron chi connectivity index (χ4n) is 8.30. The molecule has 1 aliphatic heterocycles. The number of hydrogen-bond acceptors (Lipinski definition) is 11. The smallest absolute Gasteiger partial charge is 0.258 e. The second-order valence-corrected chi connectivity index (χ2v) is 19.6. The van der Waals surface area contributed by atoms with Gasteiger partial charge in [0.25, 0.3) is 5.91 Å². The SMILES string of the molecule is CCCNNC(=O)/C=C/c1ccc(CN(CCOCCOCCC(=O)N[C@H](C(=O)N2C[C@H](O)C[C@H]2C(=O)N[C@@H](C)c2ccc(-c3scnc3C)cc2)C(C)(C)C)CCc2c[nH]c3ccccc23)cc1. The molecule has 370 valence electrons. The molecule has 0 saturated carbocycles. The molecule has 0 bridgehead atoms. The molecule has 0 aliphatic carbocycles. The van der Waals surface area contributed by atoms with E-state index in [-0.39, 0.29) is 49.8 Å². The number of aryl methyl sites for hydroxylation is 1. The number of para-hydroxylation sites is 1. The highest BCUT2D eigenvalue weighted by atomic mass is 32.1. The van der Waals surface area contributed by atoms with Crippen molar-refractivity contribution in [2.75, 3.05) is 52.6 Å². The van der Waals surface area contributed by atoms with Gasteiger partial charge < -0.3 is 35.1 Å². The fraction of sp³-hybridized carbons (Fsp3) is 0.453. The van der Waals surface area contributed by atoms with Gasteiger partial charge in [0.15, 0.2) is 0 Å². The van der Waals surface area contributed by atoms with Crippen molar-refractivity contribution in [2.24, 2.45) is 5.41 Å². The van der Waals surface area contributed by atoms with Gasteiger partial charge in [-0.05, 0) is 72.1 Å². The number of aromatic amines is 1. The molecular formula is C53H70N8O7S. The minimum absolute atomic E-state index is 0.00737. The molecule has 15 nitrogen and oxygen atoms in total. The van der Waals surface area contributed by atoms with Crippen LogP contribution in [-0.2, 0) is 41.6 Å². The lowest BCUT2D eigenvalue weighted by molar-refractivity contribution is -0.144. The van der Waals surface area contributed by atoms with E-state index < -0.39 is 29.5 Å². The van der Waals surface area contributed by atoms with Gasteiger partial charge in [-0.2, -0.15) is 0 Å². The maximum Gasteiger partial charge on any atom is 0.258 e. The number of rotatable bonds is 25. The highest BCUT2D eigenvalue weighted by molar-refractivity contribution is 7.13. The molecule has 5 aromatic rings. The Balaban J connectivity index is 0.940. The Labute approximate surface area is 410 Å². The number of aliphatic hydroxyl groups is 1. The van der Waals surface area contributed by atoms with E-state index in [0.29, 0.717) is 32.9 Å². The summed E-state index contributed by atoms with van der Waals surface area (Å²) in [5, 5.41) is 17.8. The molecule has 1 saturated heterocycles. The highest BCUT2D eigenvalue weighted by Crippen LogP contribution is 2.30. The van der Waals surface area contributed by atoms with Crippen LogP contribution in [0.1, 0.15) is 87.9 Å². The molecule has 3 heterocycles. The molecule has 2 aromatic heterocycles. The Bertz CT molecular complexity index is 2460. The molecule has 6 rings (SSSR count). The topological polar surface area (TPSA) is 190 Å². The number of aliphatic hydroxyl groups excluding tert-OH is 1. The summed E-state index contributed by atoms with van der Waals surface area (Å²) in [5.74, 6) is -1.33. The minimum atomic E-state index is -0.936. The fourth-order valence-corrected chi connectivity index (χ4v) is 9.11. The van der Waals surface area contributed by atoms with Crippen LogP contribution in [0.2, 0.25) is 0 Å². The molecule has 3 aromatic carbocycles. The van der Waals surface area contributed by atoms with E-state index in [0.717, 1.165) is 64.3 Å². The summed E-state index contributed by atoms with van der Waals surface area (Å²) in [6, 6.07) is 22.3. The van der Waals surface area contributed by atoms with Gasteiger partial charge in [0.2, 0.25) is 17.7 Å². The third kappa shape index (κ3) is 15.6. The summed E-state index contributed by atoms with van der Waals surface area (Å²) in [5.41, 5.74) is 14.1. The van der Waals surface area contributed by atoms with Gasteiger partial charge in [0.1, 0.15) is 12.1 Å². The molecule has 0 unspecified atom stereocenters. The normalized spacial score (nSPS) is 16.0. The van der Waals surface area contributed by atoms with Gasteiger partial charge in [0.05, 0.1) is 54.7 Å². The van der Waals surface area contributed by atoms with Crippen molar-refractivity contribution in [3.63, 3.8) is 0 Å². The number of β-amino-alcohol motifs (C(OH)–C–C–N with tert-alkyl or cyclic N) is 1. The number of benzene rings is 3. The first-order valence-corrected chi connectivity index (χ1v) is 24.9. The predicted molar refractivity (Wildman–Crippen MR) is 272 cm³/mol. The number of nitrogens with one attached hydrogen (secondary N) is 5. The average molecular weight is 963 g/mol. The number of thiazole rings is 1. The summed E-state index contributed by atoms with van der Waals surface area (Å²) in [6.45, 7) is 15.7. The molecule has 0 radical (unpaired) electrons. The Hall–Kier alpha value is -5.75. The zero-order chi connectivity index (χ0) is 49.3. The number of amides is 4. The van der Waals surface area contributed by atoms with Crippen LogP contribution in [0.3, 0.4) is 0 Å². The number of nitrogens with zero attached hydrogens (tertiary/aromatic N) is 3. The van der Waals surface area contributed by atoms with Crippen LogP contribution in [0.15, 0.2) is 90.6 Å². The number of H-pyrrole nitrogens is 1. The number of fused-ring (bicyclic) bond motifs is 1. The quantitative estimate of drug-likeness (QED) is 0.0215. The van der Waals surface area contributed by atoms with Crippen molar-refractivity contribution in [2.45, 2.75) is 98.0 Å². The number of aromatic nitrogens is 2. The van der Waals surface area contributed by atoms with Crippen LogP contribution < -0.4 is 21.5 Å². The molecular weight excluding hydrogens is 893 g/mol. The number of carbonyl (C=O) groups is 4. The highest BCUT2D eigenvalue weighted by Gasteiger charge is 2.44. The van der Waals surface area contributed by atoms with Crippen LogP contribution in [-0.4, -0.2) is 119 Å². The van der Waals surface area contributed by atoms with Gasteiger partial charge in [-0.1, -0.05) is 94.4 Å². The molecule has 1 fully saturated rings. The van der Waals surface area contributed by atoms with Gasteiger partial charge >= 0.3 is 0 Å². The lowest BCUT2D eigenvalue weighted by Gasteiger charge is -2.35. The van der Waals surface area contributed by atoms with E-state index in [1.807, 2.05) is 89.5 Å². The van der Waals surface area contributed by atoms with Crippen molar-refractivity contribution in [1.82, 2.24) is 41.3 Å². The van der Waals surface area contributed by atoms with Gasteiger partial charge in [-0.25, -0.2) is 10.4 Å². The predicted octanol–water partition coefficient (Wildman–Crippen LogP) is 6.48. The van der Waals surface area contributed by atoms with Crippen molar-refractivity contribution >= 4 is 51.9 Å². The Morgan fingerprint density at radius 3 is 2.42 bits per heavy atom. The van der Waals surface area contributed by atoms with E-state index >= 15 is 0 Å². The van der Waals surface area contributed by atoms with Crippen LogP contribution >= 0.6 is 11.3 Å². The molecule has 0 spiro atoms. The first-order chi connectivity index (χ1) is 33.2. The van der Waals surface area contributed by atoms with Crippen molar-refractivity contribution in [3.05, 3.63) is 119 Å². The number of hydrazine groups is 1. The Kier molecular flexibility index (Phi) is 19.6. The third-order valence-corrected chi connectivity index (χ3v) is 13.2. The maximum atomic E-state index is 14.1. The van der Waals surface area contributed by atoms with E-state index in [2.05, 4.69) is 72.9 Å². The van der Waals surface area contributed by atoms with Crippen molar-refractivity contribution < 1.29 is 33.8 Å². The van der Waals surface area contributed by atoms with Gasteiger partial charge in [-0.3, -0.25) is 29.5 Å². The molecule has 16 heteroatoms. The zero-order valence-corrected chi connectivity index (χ0v) is 41.7. The molecule has 1 aliphatic rings. The monoisotopic (exact) mass is 963 g/mol. The average Bonchev–Trinajstić information content (AvgIpc) is 4.08. The lowest BCUT2D eigenvalue weighted by atomic mass is 9.85. The van der Waals surface area contributed by atoms with Crippen LogP contribution in [0, 0.1) is 12.3 Å². The lowest BCUT2D eigenvalue weighted by Crippen LogP contribution is -2.58. The van der Waals surface area contributed by atoms with Gasteiger partial charge in [0, 0.05) is 68.7 Å². The molecule has 4 amide bonds. The van der Waals surface area contributed by atoms with Crippen LogP contribution in [0.4, 0.5) is 0 Å². The standard InChI is InChI=1S/C53H70N8O7S/c1-7-24-56-59-48(64)21-16-38-12-14-39(15-13-38)33-60(25-22-42-32-54-45-11-9-8-10-44(42)45)26-28-68-30-29-67-27-23-47(63)58-50(53(4,5)6)52(66)61-34-43(62)31-46(61)51(65)57-36(2)40-17-19-41(20-18-40)49-37(3)55-35-69-49/h8-21,32,35-36,43,46,50,54,56,62H,7,22-31,33-34H2,1-6H3,(H,57,65)(H,58,63)(H,59,64)/b21-16+/t36-,43+,46-,50+/m0/s1. The summed E-state index contributed by atoms with van der Waals surface area (Å²) in [7, 11) is 0. The Morgan fingerprint density at radius 1 is 0.971 bits per heavy atom. The molecule has 4 atom stereocenters. The number of likely N-dealkylation sites (tertiary alicyclic amines) is 1. The number of ether oxygens (including phenoxy) is 2. The van der Waals surface area contributed by atoms with Gasteiger partial charge in [-0.15, -0.1) is 11.3 Å². The van der Waals surface area contributed by atoms with E-state index in [9.17, 15) is 24.3 Å². The minimum Gasteiger partial charge on any atom is -0.391 e. The summed E-state index contributed by atoms with van der Waals surface area (Å²) in [4.78, 5) is 65.8. The molecule has 69 heavy (non-hydrogen) atoms. The largest absolute Gasteiger partial charge is 0.391 e. The van der Waals surface area contributed by atoms with Crippen molar-refractivity contribution in [1.29, 1.82) is 0 Å². The first kappa shape index (κ1) is 52.6. The first-order valence-electron chi connectivity index (χ1n) is 24.0. The third-order valence-electron chi connectivity index (χ3n) is 12.2. The van der Waals surface area contributed by atoms with E-state index in [1.165, 1.54) is 21.9 Å². The molecule has 6 N–H and O–H groups in total. The summed E-state index contributed by atoms with van der Waals surface area (Å²) < 4.78 is 11.8. The van der Waals surface area contributed by atoms with Crippen molar-refractivity contribution in [3.8, 4) is 10.4 Å². The second kappa shape index (κ2) is 25.7. The van der Waals surface area contributed by atoms with E-state index in [4.69, 9.17) is 9.47 Å². The zero-order valence-electron chi connectivity index (χ0n) is 40.9. The maximum absolute atomic E-state index is 14.1. The van der Waals surface area contributed by atoms with Crippen LogP contribution in [0.25, 0.3) is 27.4 Å². The second-order valence-electron chi connectivity index (χ2n) is 18.7. The number of hydrogen-bond donors (Lipinski definition) is 6. The van der Waals surface area contributed by atoms with Crippen LogP contribution in [0.5, 0.6) is 0 Å². The Morgan fingerprint density at radius 2 is 1.71 bits per heavy atom. The summed E-state index contributed by atoms with van der Waals surface area (Å²) >= 11 is 1.58.